The van der Waals surface area contributed by atoms with Gasteiger partial charge in [-0.3, -0.25) is 19.5 Å². The number of piperidine rings is 1. The third-order valence-electron chi connectivity index (χ3n) is 6.94. The van der Waals surface area contributed by atoms with E-state index in [1.807, 2.05) is 29.2 Å². The number of aromatic nitrogens is 1. The summed E-state index contributed by atoms with van der Waals surface area (Å²) in [7, 11) is 0. The Morgan fingerprint density at radius 2 is 1.88 bits per heavy atom. The van der Waals surface area contributed by atoms with Gasteiger partial charge in [0.1, 0.15) is 23.1 Å². The first kappa shape index (κ1) is 23.5. The summed E-state index contributed by atoms with van der Waals surface area (Å²) in [6, 6.07) is 7.48. The molecule has 2 aliphatic heterocycles. The molecule has 0 radical (unpaired) electrons. The normalized spacial score (nSPS) is 21.1. The fraction of sp³-hybridized carbons (Fsp3) is 0.577. The quantitative estimate of drug-likeness (QED) is 0.658. The molecule has 1 N–H and O–H groups in total. The number of likely N-dealkylation sites (tertiary alicyclic amines) is 1. The van der Waals surface area contributed by atoms with Gasteiger partial charge in [-0.25, -0.2) is 0 Å². The van der Waals surface area contributed by atoms with Gasteiger partial charge in [-0.2, -0.15) is 0 Å². The van der Waals surface area contributed by atoms with Gasteiger partial charge in [-0.05, 0) is 55.9 Å². The van der Waals surface area contributed by atoms with Crippen LogP contribution in [0.2, 0.25) is 0 Å². The Morgan fingerprint density at radius 1 is 1.15 bits per heavy atom. The topological polar surface area (TPSA) is 78.7 Å². The molecule has 0 aliphatic carbocycles. The second-order valence-corrected chi connectivity index (χ2v) is 9.81. The Morgan fingerprint density at radius 3 is 2.55 bits per heavy atom. The Bertz CT molecular complexity index is 947. The minimum absolute atomic E-state index is 0.0291. The van der Waals surface area contributed by atoms with E-state index in [2.05, 4.69) is 36.0 Å². The van der Waals surface area contributed by atoms with E-state index in [0.29, 0.717) is 38.3 Å². The van der Waals surface area contributed by atoms with Gasteiger partial charge in [0.15, 0.2) is 0 Å². The lowest BCUT2D eigenvalue weighted by molar-refractivity contribution is -0.161. The number of carbonyl (C=O) groups is 2. The van der Waals surface area contributed by atoms with E-state index in [1.165, 1.54) is 0 Å². The number of amides is 2. The van der Waals surface area contributed by atoms with Crippen molar-refractivity contribution in [2.75, 3.05) is 19.6 Å². The van der Waals surface area contributed by atoms with Gasteiger partial charge in [-0.15, -0.1) is 0 Å². The van der Waals surface area contributed by atoms with Crippen LogP contribution in [0.25, 0.3) is 11.3 Å². The number of pyridine rings is 1. The van der Waals surface area contributed by atoms with Gasteiger partial charge >= 0.3 is 0 Å². The summed E-state index contributed by atoms with van der Waals surface area (Å²) in [5.41, 5.74) is 0.287. The zero-order valence-electron chi connectivity index (χ0n) is 20.0. The van der Waals surface area contributed by atoms with E-state index in [4.69, 9.17) is 4.42 Å². The third kappa shape index (κ3) is 4.98. The molecule has 33 heavy (non-hydrogen) atoms. The zero-order valence-corrected chi connectivity index (χ0v) is 20.0. The van der Waals surface area contributed by atoms with E-state index >= 15 is 0 Å². The largest absolute Gasteiger partial charge is 0.460 e. The Labute approximate surface area is 196 Å². The van der Waals surface area contributed by atoms with Crippen LogP contribution in [0.15, 0.2) is 41.1 Å². The van der Waals surface area contributed by atoms with E-state index in [1.54, 1.807) is 12.4 Å². The van der Waals surface area contributed by atoms with Crippen molar-refractivity contribution in [1.82, 2.24) is 20.1 Å². The van der Waals surface area contributed by atoms with Crippen molar-refractivity contribution >= 4 is 11.8 Å². The van der Waals surface area contributed by atoms with Gasteiger partial charge in [0.05, 0.1) is 6.54 Å². The molecule has 2 amide bonds. The second kappa shape index (κ2) is 10.1. The molecule has 178 valence electrons. The average Bonchev–Trinajstić information content (AvgIpc) is 3.28. The summed E-state index contributed by atoms with van der Waals surface area (Å²) in [4.78, 5) is 35.0. The molecule has 2 aromatic rings. The van der Waals surface area contributed by atoms with E-state index in [9.17, 15) is 9.59 Å². The van der Waals surface area contributed by atoms with Crippen molar-refractivity contribution in [2.24, 2.45) is 5.92 Å². The van der Waals surface area contributed by atoms with Gasteiger partial charge in [0, 0.05) is 37.6 Å². The highest BCUT2D eigenvalue weighted by Gasteiger charge is 2.53. The summed E-state index contributed by atoms with van der Waals surface area (Å²) >= 11 is 0. The van der Waals surface area contributed by atoms with Crippen LogP contribution in [0.3, 0.4) is 0 Å². The number of hydrogen-bond acceptors (Lipinski definition) is 5. The van der Waals surface area contributed by atoms with Crippen molar-refractivity contribution in [2.45, 2.75) is 71.0 Å². The molecule has 2 fully saturated rings. The van der Waals surface area contributed by atoms with Gasteiger partial charge in [0.2, 0.25) is 11.8 Å². The summed E-state index contributed by atoms with van der Waals surface area (Å²) < 4.78 is 6.06. The number of unbranched alkanes of at least 4 members (excludes halogenated alkanes) is 1. The van der Waals surface area contributed by atoms with Crippen LogP contribution in [0, 0.1) is 5.92 Å². The number of rotatable bonds is 8. The lowest BCUT2D eigenvalue weighted by atomic mass is 9.80. The van der Waals surface area contributed by atoms with E-state index < -0.39 is 11.6 Å². The average molecular weight is 453 g/mol. The van der Waals surface area contributed by atoms with Crippen LogP contribution >= 0.6 is 0 Å². The van der Waals surface area contributed by atoms with Gasteiger partial charge in [-0.1, -0.05) is 27.2 Å². The third-order valence-corrected chi connectivity index (χ3v) is 6.94. The van der Waals surface area contributed by atoms with Crippen molar-refractivity contribution in [1.29, 1.82) is 0 Å². The molecule has 1 atom stereocenters. The van der Waals surface area contributed by atoms with Gasteiger partial charge in [0.25, 0.3) is 0 Å². The fourth-order valence-corrected chi connectivity index (χ4v) is 5.08. The van der Waals surface area contributed by atoms with Gasteiger partial charge < -0.3 is 14.6 Å². The smallest absolute Gasteiger partial charge is 0.246 e. The highest BCUT2D eigenvalue weighted by atomic mass is 16.3. The summed E-state index contributed by atoms with van der Waals surface area (Å²) in [5, 5.41) is 3.08. The summed E-state index contributed by atoms with van der Waals surface area (Å²) in [5.74, 6) is 2.22. The van der Waals surface area contributed by atoms with Crippen LogP contribution < -0.4 is 5.32 Å². The number of nitrogens with one attached hydrogen (secondary N) is 1. The Hall–Kier alpha value is -2.67. The number of hydrogen-bond donors (Lipinski definition) is 1. The molecule has 4 heterocycles. The molecular weight excluding hydrogens is 416 g/mol. The van der Waals surface area contributed by atoms with Crippen LogP contribution in [0.4, 0.5) is 0 Å². The van der Waals surface area contributed by atoms with Crippen molar-refractivity contribution in [3.63, 3.8) is 0 Å². The zero-order chi connectivity index (χ0) is 23.4. The van der Waals surface area contributed by atoms with Crippen LogP contribution in [-0.4, -0.2) is 57.8 Å². The van der Waals surface area contributed by atoms with Crippen molar-refractivity contribution in [3.8, 4) is 11.3 Å². The molecule has 2 saturated heterocycles. The summed E-state index contributed by atoms with van der Waals surface area (Å²) in [6.45, 7) is 9.17. The molecule has 0 bridgehead atoms. The molecule has 1 unspecified atom stereocenters. The molecule has 0 aromatic carbocycles. The molecule has 0 saturated carbocycles. The first-order valence-corrected chi connectivity index (χ1v) is 12.3. The van der Waals surface area contributed by atoms with E-state index in [0.717, 1.165) is 43.0 Å². The fourth-order valence-electron chi connectivity index (χ4n) is 5.08. The molecular formula is C26H36N4O3. The molecule has 2 aromatic heterocycles. The minimum Gasteiger partial charge on any atom is -0.460 e. The molecule has 2 aliphatic rings. The number of piperazine rings is 1. The highest BCUT2D eigenvalue weighted by Crippen LogP contribution is 2.35. The number of carbonyl (C=O) groups excluding carboxylic acids is 2. The predicted octanol–water partition coefficient (Wildman–Crippen LogP) is 3.85. The van der Waals surface area contributed by atoms with Crippen LogP contribution in [0.5, 0.6) is 0 Å². The Balaban J connectivity index is 1.43. The lowest BCUT2D eigenvalue weighted by Gasteiger charge is -2.51. The maximum Gasteiger partial charge on any atom is 0.246 e. The molecule has 4 rings (SSSR count). The maximum atomic E-state index is 13.4. The standard InChI is InChI=1S/C26H36N4O3/c1-4-5-14-30-24(31)22(17-19(2)3)28-25(32)26(30)10-15-29(16-11-26)18-21-6-7-23(33-21)20-8-12-27-13-9-20/h6-9,12-13,19,22H,4-5,10-11,14-18H2,1-3H3,(H,28,32). The van der Waals surface area contributed by atoms with Crippen LogP contribution in [-0.2, 0) is 16.1 Å². The predicted molar refractivity (Wildman–Crippen MR) is 127 cm³/mol. The first-order chi connectivity index (χ1) is 15.9. The molecule has 7 heteroatoms. The number of furan rings is 1. The summed E-state index contributed by atoms with van der Waals surface area (Å²) in [6.07, 6.45) is 7.43. The molecule has 7 nitrogen and oxygen atoms in total. The monoisotopic (exact) mass is 452 g/mol. The second-order valence-electron chi connectivity index (χ2n) is 9.81. The van der Waals surface area contributed by atoms with Crippen LogP contribution in [0.1, 0.15) is 58.6 Å². The maximum absolute atomic E-state index is 13.4. The first-order valence-electron chi connectivity index (χ1n) is 12.3. The molecule has 1 spiro atoms. The van der Waals surface area contributed by atoms with Crippen molar-refractivity contribution < 1.29 is 14.0 Å². The van der Waals surface area contributed by atoms with Crippen molar-refractivity contribution in [3.05, 3.63) is 42.4 Å². The van der Waals surface area contributed by atoms with E-state index in [-0.39, 0.29) is 11.8 Å². The lowest BCUT2D eigenvalue weighted by Crippen LogP contribution is -2.73. The number of nitrogens with zero attached hydrogens (tertiary/aromatic N) is 3. The minimum atomic E-state index is -0.721. The highest BCUT2D eigenvalue weighted by molar-refractivity contribution is 6.00. The Kier molecular flexibility index (Phi) is 7.17. The SMILES string of the molecule is CCCCN1C(=O)C(CC(C)C)NC(=O)C12CCN(Cc1ccc(-c3ccncc3)o1)CC2.